The van der Waals surface area contributed by atoms with E-state index in [1.807, 2.05) is 59.4 Å². The van der Waals surface area contributed by atoms with Gasteiger partial charge >= 0.3 is 0 Å². The lowest BCUT2D eigenvalue weighted by molar-refractivity contribution is 0.296. The van der Waals surface area contributed by atoms with Gasteiger partial charge in [-0.15, -0.1) is 0 Å². The first-order valence-corrected chi connectivity index (χ1v) is 10.9. The molecule has 0 radical (unpaired) electrons. The van der Waals surface area contributed by atoms with E-state index < -0.39 is 0 Å². The quantitative estimate of drug-likeness (QED) is 0.318. The molecule has 4 rings (SSSR count). The van der Waals surface area contributed by atoms with E-state index in [0.717, 1.165) is 47.7 Å². The molecule has 0 aliphatic rings. The molecule has 3 nitrogen and oxygen atoms in total. The van der Waals surface area contributed by atoms with Gasteiger partial charge in [-0.2, -0.15) is 5.10 Å². The summed E-state index contributed by atoms with van der Waals surface area (Å²) in [6.07, 6.45) is 1.95. The molecule has 0 N–H and O–H groups in total. The molecule has 0 bridgehead atoms. The molecule has 0 saturated heterocycles. The molecule has 0 aliphatic carbocycles. The Morgan fingerprint density at radius 3 is 1.94 bits per heavy atom. The highest BCUT2D eigenvalue weighted by molar-refractivity contribution is 6.30. The number of benzene rings is 3. The predicted molar refractivity (Wildman–Crippen MR) is 126 cm³/mol. The minimum Gasteiger partial charge on any atom is -0.299 e. The normalized spacial score (nSPS) is 11.3. The topological polar surface area (TPSA) is 21.1 Å². The first-order chi connectivity index (χ1) is 15.1. The SMILES string of the molecule is CCN(CC)Cc1cnn(-c2ccc(-c3ccc(F)cc3)cc2)c1-c1ccc(Cl)cc1. The summed E-state index contributed by atoms with van der Waals surface area (Å²) in [4.78, 5) is 2.37. The minimum atomic E-state index is -0.231. The van der Waals surface area contributed by atoms with Crippen LogP contribution in [-0.4, -0.2) is 27.8 Å². The second-order valence-corrected chi connectivity index (χ2v) is 7.89. The molecular weight excluding hydrogens is 409 g/mol. The molecule has 0 amide bonds. The summed E-state index contributed by atoms with van der Waals surface area (Å²) in [6, 6.07) is 22.6. The van der Waals surface area contributed by atoms with E-state index in [0.29, 0.717) is 5.02 Å². The standard InChI is InChI=1S/C26H25ClFN3/c1-3-30(4-2)18-22-17-29-31(26(22)21-5-11-23(27)12-6-21)25-15-9-20(10-16-25)19-7-13-24(28)14-8-19/h5-17H,3-4,18H2,1-2H3. The van der Waals surface area contributed by atoms with Crippen LogP contribution in [0.3, 0.4) is 0 Å². The van der Waals surface area contributed by atoms with Gasteiger partial charge < -0.3 is 0 Å². The number of nitrogens with zero attached hydrogens (tertiary/aromatic N) is 3. The van der Waals surface area contributed by atoms with Gasteiger partial charge in [0, 0.05) is 22.7 Å². The number of halogens is 2. The van der Waals surface area contributed by atoms with E-state index in [9.17, 15) is 4.39 Å². The van der Waals surface area contributed by atoms with Gasteiger partial charge in [-0.1, -0.05) is 61.8 Å². The summed E-state index contributed by atoms with van der Waals surface area (Å²) >= 11 is 6.13. The van der Waals surface area contributed by atoms with Gasteiger partial charge in [0.05, 0.1) is 17.6 Å². The average Bonchev–Trinajstić information content (AvgIpc) is 3.22. The third-order valence-electron chi connectivity index (χ3n) is 5.54. The molecule has 1 aromatic heterocycles. The number of hydrogen-bond acceptors (Lipinski definition) is 2. The number of aromatic nitrogens is 2. The summed E-state index contributed by atoms with van der Waals surface area (Å²) < 4.78 is 15.2. The Kier molecular flexibility index (Phi) is 6.50. The highest BCUT2D eigenvalue weighted by atomic mass is 35.5. The van der Waals surface area contributed by atoms with Crippen LogP contribution in [0.15, 0.2) is 79.0 Å². The van der Waals surface area contributed by atoms with Crippen LogP contribution >= 0.6 is 11.6 Å². The molecule has 0 unspecified atom stereocenters. The zero-order valence-electron chi connectivity index (χ0n) is 17.7. The van der Waals surface area contributed by atoms with Crippen LogP contribution in [0, 0.1) is 5.82 Å². The Labute approximate surface area is 187 Å². The zero-order valence-corrected chi connectivity index (χ0v) is 18.5. The van der Waals surface area contributed by atoms with Crippen molar-refractivity contribution in [3.8, 4) is 28.1 Å². The molecule has 31 heavy (non-hydrogen) atoms. The van der Waals surface area contributed by atoms with Crippen LogP contribution < -0.4 is 0 Å². The molecule has 0 saturated carbocycles. The highest BCUT2D eigenvalue weighted by Gasteiger charge is 2.16. The highest BCUT2D eigenvalue weighted by Crippen LogP contribution is 2.30. The minimum absolute atomic E-state index is 0.231. The largest absolute Gasteiger partial charge is 0.299 e. The van der Waals surface area contributed by atoms with Crippen molar-refractivity contribution in [3.63, 3.8) is 0 Å². The molecule has 4 aromatic rings. The summed E-state index contributed by atoms with van der Waals surface area (Å²) in [7, 11) is 0. The van der Waals surface area contributed by atoms with Crippen LogP contribution in [0.5, 0.6) is 0 Å². The third kappa shape index (κ3) is 4.71. The molecule has 0 fully saturated rings. The molecule has 3 aromatic carbocycles. The van der Waals surface area contributed by atoms with E-state index in [-0.39, 0.29) is 5.82 Å². The van der Waals surface area contributed by atoms with Crippen molar-refractivity contribution in [2.75, 3.05) is 13.1 Å². The van der Waals surface area contributed by atoms with Crippen molar-refractivity contribution in [3.05, 3.63) is 95.4 Å². The maximum atomic E-state index is 13.2. The van der Waals surface area contributed by atoms with Crippen molar-refractivity contribution in [2.24, 2.45) is 0 Å². The predicted octanol–water partition coefficient (Wildman–Crippen LogP) is 6.84. The van der Waals surface area contributed by atoms with Gasteiger partial charge in [0.15, 0.2) is 0 Å². The molecule has 158 valence electrons. The van der Waals surface area contributed by atoms with Crippen molar-refractivity contribution < 1.29 is 4.39 Å². The Bertz CT molecular complexity index is 1130. The van der Waals surface area contributed by atoms with E-state index in [4.69, 9.17) is 16.7 Å². The fraction of sp³-hybridized carbons (Fsp3) is 0.192. The van der Waals surface area contributed by atoms with Gasteiger partial charge in [-0.05, 0) is 60.6 Å². The summed E-state index contributed by atoms with van der Waals surface area (Å²) in [5.41, 5.74) is 6.31. The maximum Gasteiger partial charge on any atom is 0.123 e. The fourth-order valence-electron chi connectivity index (χ4n) is 3.73. The van der Waals surface area contributed by atoms with E-state index >= 15 is 0 Å². The van der Waals surface area contributed by atoms with Crippen molar-refractivity contribution >= 4 is 11.6 Å². The lowest BCUT2D eigenvalue weighted by atomic mass is 10.0. The number of hydrogen-bond donors (Lipinski definition) is 0. The maximum absolute atomic E-state index is 13.2. The van der Waals surface area contributed by atoms with Crippen molar-refractivity contribution in [1.82, 2.24) is 14.7 Å². The molecule has 0 spiro atoms. The third-order valence-corrected chi connectivity index (χ3v) is 5.79. The van der Waals surface area contributed by atoms with Gasteiger partial charge in [0.2, 0.25) is 0 Å². The zero-order chi connectivity index (χ0) is 21.8. The van der Waals surface area contributed by atoms with E-state index in [1.165, 1.54) is 17.7 Å². The first kappa shape index (κ1) is 21.3. The summed E-state index contributed by atoms with van der Waals surface area (Å²) in [5.74, 6) is -0.231. The monoisotopic (exact) mass is 433 g/mol. The second kappa shape index (κ2) is 9.46. The van der Waals surface area contributed by atoms with Gasteiger partial charge in [0.25, 0.3) is 0 Å². The Balaban J connectivity index is 1.74. The van der Waals surface area contributed by atoms with Crippen LogP contribution in [0.25, 0.3) is 28.1 Å². The lowest BCUT2D eigenvalue weighted by Gasteiger charge is -2.18. The smallest absolute Gasteiger partial charge is 0.123 e. The first-order valence-electron chi connectivity index (χ1n) is 10.5. The number of rotatable bonds is 7. The Morgan fingerprint density at radius 2 is 1.35 bits per heavy atom. The second-order valence-electron chi connectivity index (χ2n) is 7.45. The Hall–Kier alpha value is -2.95. The van der Waals surface area contributed by atoms with Crippen LogP contribution in [0.2, 0.25) is 5.02 Å². The van der Waals surface area contributed by atoms with Crippen LogP contribution in [0.1, 0.15) is 19.4 Å². The fourth-order valence-corrected chi connectivity index (χ4v) is 3.86. The molecule has 0 atom stereocenters. The van der Waals surface area contributed by atoms with Gasteiger partial charge in [-0.3, -0.25) is 4.90 Å². The summed E-state index contributed by atoms with van der Waals surface area (Å²) in [5, 5.41) is 5.44. The van der Waals surface area contributed by atoms with Crippen LogP contribution in [0.4, 0.5) is 4.39 Å². The Morgan fingerprint density at radius 1 is 0.806 bits per heavy atom. The summed E-state index contributed by atoms with van der Waals surface area (Å²) in [6.45, 7) is 7.13. The lowest BCUT2D eigenvalue weighted by Crippen LogP contribution is -2.22. The van der Waals surface area contributed by atoms with Gasteiger partial charge in [0.1, 0.15) is 5.82 Å². The van der Waals surface area contributed by atoms with Crippen molar-refractivity contribution in [2.45, 2.75) is 20.4 Å². The van der Waals surface area contributed by atoms with Crippen molar-refractivity contribution in [1.29, 1.82) is 0 Å². The van der Waals surface area contributed by atoms with E-state index in [2.05, 4.69) is 18.7 Å². The van der Waals surface area contributed by atoms with Gasteiger partial charge in [-0.25, -0.2) is 9.07 Å². The molecule has 1 heterocycles. The molecule has 0 aliphatic heterocycles. The van der Waals surface area contributed by atoms with E-state index in [1.54, 1.807) is 12.1 Å². The van der Waals surface area contributed by atoms with Crippen LogP contribution in [-0.2, 0) is 6.54 Å². The molecule has 5 heteroatoms. The molecular formula is C26H25ClFN3. The average molecular weight is 434 g/mol.